The predicted molar refractivity (Wildman–Crippen MR) is 286 cm³/mol. The van der Waals surface area contributed by atoms with Crippen molar-refractivity contribution in [1.82, 2.24) is 34.7 Å². The second-order valence-corrected chi connectivity index (χ2v) is 15.3. The van der Waals surface area contributed by atoms with Gasteiger partial charge in [-0.05, 0) is 116 Å². The zero-order valence-electron chi connectivity index (χ0n) is 45.4. The monoisotopic (exact) mass is 933 g/mol. The third-order valence-corrected chi connectivity index (χ3v) is 9.72. The number of guanidine groups is 2. The van der Waals surface area contributed by atoms with Crippen LogP contribution in [-0.2, 0) is 0 Å². The first-order valence-electron chi connectivity index (χ1n) is 23.3. The lowest BCUT2D eigenvalue weighted by Gasteiger charge is -2.22. The van der Waals surface area contributed by atoms with Gasteiger partial charge in [0.2, 0.25) is 18.1 Å². The highest BCUT2D eigenvalue weighted by atomic mass is 15.3. The molecule has 0 spiro atoms. The molecule has 11 N–H and O–H groups in total. The summed E-state index contributed by atoms with van der Waals surface area (Å²) >= 11 is 0. The van der Waals surface area contributed by atoms with Crippen LogP contribution in [0.25, 0.3) is 0 Å². The highest BCUT2D eigenvalue weighted by Crippen LogP contribution is 2.30. The highest BCUT2D eigenvalue weighted by molar-refractivity contribution is 5.83. The molecule has 2 aliphatic carbocycles. The molecule has 20 heteroatoms. The van der Waals surface area contributed by atoms with Gasteiger partial charge in [0.1, 0.15) is 0 Å². The van der Waals surface area contributed by atoms with Crippen LogP contribution in [-0.4, -0.2) is 177 Å². The number of nitrogens with zero attached hydrogens (tertiary/aromatic N) is 12. The molecule has 0 aromatic carbocycles. The summed E-state index contributed by atoms with van der Waals surface area (Å²) in [7, 11) is 11.4. The molecule has 2 rings (SSSR count). The Balaban J connectivity index is -0.000000160. The minimum atomic E-state index is 0.264. The minimum Gasteiger partial charge on any atom is -0.388 e. The van der Waals surface area contributed by atoms with E-state index in [2.05, 4.69) is 39.1 Å². The van der Waals surface area contributed by atoms with Gasteiger partial charge < -0.3 is 46.6 Å². The molecule has 2 aliphatic rings. The molecule has 66 heavy (non-hydrogen) atoms. The molecule has 0 unspecified atom stereocenters. The topological polar surface area (TPSA) is 302 Å². The van der Waals surface area contributed by atoms with E-state index in [0.29, 0.717) is 47.1 Å². The van der Waals surface area contributed by atoms with Crippen LogP contribution >= 0.6 is 0 Å². The number of hydrogen-bond donors (Lipinski definition) is 8. The molecular formula is C46H100N20. The van der Waals surface area contributed by atoms with Crippen LogP contribution in [0.2, 0.25) is 0 Å². The average Bonchev–Trinajstić information content (AvgIpc) is 4.14. The van der Waals surface area contributed by atoms with Gasteiger partial charge in [-0.3, -0.25) is 36.9 Å². The van der Waals surface area contributed by atoms with Crippen LogP contribution in [0.4, 0.5) is 0 Å². The SMILES string of the molecule is CCN(C)C(=N)C1CC1.CCN(C)C(=NC1CCCCC1)NC#N.CCN(C)C(C)=N.CCN(C)C(C)=N.CCN(C)C(C)=N.CCN(C)C(N)=NC#N.CCN=C(C)N.CCN=C(C)N. The smallest absolute Gasteiger partial charge is 0.209 e. The molecule has 0 amide bonds. The lowest BCUT2D eigenvalue weighted by Crippen LogP contribution is -2.37. The van der Waals surface area contributed by atoms with Crippen LogP contribution in [0.15, 0.2) is 20.0 Å². The molecular weight excluding hydrogens is 833 g/mol. The first-order valence-corrected chi connectivity index (χ1v) is 23.3. The fourth-order valence-electron chi connectivity index (χ4n) is 4.16. The molecule has 0 atom stereocenters. The molecule has 0 aliphatic heterocycles. The number of nitrogens with two attached hydrogens (primary N) is 3. The Morgan fingerprint density at radius 1 is 0.545 bits per heavy atom. The number of amidine groups is 6. The third-order valence-electron chi connectivity index (χ3n) is 9.72. The Morgan fingerprint density at radius 2 is 0.894 bits per heavy atom. The summed E-state index contributed by atoms with van der Waals surface area (Å²) in [5.74, 6) is 5.63. The number of aliphatic imine (C=N–C) groups is 4. The summed E-state index contributed by atoms with van der Waals surface area (Å²) in [6.45, 7) is 31.9. The molecule has 0 radical (unpaired) electrons. The maximum absolute atomic E-state index is 8.64. The largest absolute Gasteiger partial charge is 0.388 e. The zero-order chi connectivity index (χ0) is 52.8. The Labute approximate surface area is 403 Å². The molecule has 2 saturated carbocycles. The normalized spacial score (nSPS) is 12.9. The standard InChI is InChI=1S/C11H20N4.C7H14N2.C5H10N4.3C5H12N2.2C4H10N2/c1-3-15(2)11(13-9-12)14-10-7-5-4-6-8-10;1-3-9(2)7(8)6-4-5-6;1-3-9(2)5(7)8-4-6;3*1-4-7(3)5(2)6;2*1-3-6-4(2)5/h10H,3-8H2,1-2H3,(H,13,14);6,8H,3-5H2,1-2H3;3H2,1-2H3,(H2,7,8);3*6H,4H2,1-3H3;2*3H2,1-2H3,(H2,5,6). The summed E-state index contributed by atoms with van der Waals surface area (Å²) in [6, 6.07) is 0.406. The van der Waals surface area contributed by atoms with E-state index in [4.69, 9.17) is 49.4 Å². The summed E-state index contributed by atoms with van der Waals surface area (Å²) in [5, 5.41) is 48.0. The van der Waals surface area contributed by atoms with Gasteiger partial charge in [0, 0.05) is 101 Å². The molecule has 0 aromatic heterocycles. The first kappa shape index (κ1) is 72.0. The van der Waals surface area contributed by atoms with E-state index < -0.39 is 0 Å². The molecule has 0 saturated heterocycles. The second kappa shape index (κ2) is 48.8. The fourth-order valence-corrected chi connectivity index (χ4v) is 4.16. The molecule has 0 heterocycles. The maximum Gasteiger partial charge on any atom is 0.209 e. The summed E-state index contributed by atoms with van der Waals surface area (Å²) in [6.07, 6.45) is 12.2. The van der Waals surface area contributed by atoms with Crippen molar-refractivity contribution in [1.29, 1.82) is 32.2 Å². The lowest BCUT2D eigenvalue weighted by atomic mass is 9.96. The van der Waals surface area contributed by atoms with Crippen molar-refractivity contribution in [3.63, 3.8) is 0 Å². The Hall–Kier alpha value is -5.66. The Bertz CT molecular complexity index is 1370. The van der Waals surface area contributed by atoms with Gasteiger partial charge in [0.05, 0.1) is 41.1 Å². The highest BCUT2D eigenvalue weighted by Gasteiger charge is 2.27. The van der Waals surface area contributed by atoms with Crippen molar-refractivity contribution in [3.8, 4) is 12.4 Å². The van der Waals surface area contributed by atoms with Crippen molar-refractivity contribution in [3.05, 3.63) is 0 Å². The molecule has 0 bridgehead atoms. The van der Waals surface area contributed by atoms with E-state index in [1.54, 1.807) is 52.8 Å². The lowest BCUT2D eigenvalue weighted by molar-refractivity contribution is 0.431. The summed E-state index contributed by atoms with van der Waals surface area (Å²) < 4.78 is 0. The molecule has 0 aromatic rings. The van der Waals surface area contributed by atoms with Gasteiger partial charge in [0.25, 0.3) is 0 Å². The van der Waals surface area contributed by atoms with E-state index in [1.165, 1.54) is 32.1 Å². The first-order chi connectivity index (χ1) is 30.8. The van der Waals surface area contributed by atoms with Gasteiger partial charge in [-0.2, -0.15) is 10.5 Å². The predicted octanol–water partition coefficient (Wildman–Crippen LogP) is 6.33. The number of nitrogens with one attached hydrogen (secondary N) is 5. The van der Waals surface area contributed by atoms with Crippen molar-refractivity contribution in [2.45, 2.75) is 141 Å². The fraction of sp³-hybridized carbons (Fsp3) is 0.783. The quantitative estimate of drug-likeness (QED) is 0.0516. The van der Waals surface area contributed by atoms with Crippen LogP contribution in [0.5, 0.6) is 0 Å². The van der Waals surface area contributed by atoms with E-state index in [9.17, 15) is 0 Å². The average molecular weight is 933 g/mol. The van der Waals surface area contributed by atoms with Crippen LogP contribution in [0.3, 0.4) is 0 Å². The van der Waals surface area contributed by atoms with E-state index in [1.807, 2.05) is 107 Å². The second-order valence-electron chi connectivity index (χ2n) is 15.3. The third kappa shape index (κ3) is 51.0. The molecule has 2 fully saturated rings. The number of rotatable bonds is 10. The maximum atomic E-state index is 8.64. The van der Waals surface area contributed by atoms with Crippen LogP contribution in [0.1, 0.15) is 135 Å². The van der Waals surface area contributed by atoms with Crippen molar-refractivity contribution in [2.75, 3.05) is 94.6 Å². The van der Waals surface area contributed by atoms with Gasteiger partial charge >= 0.3 is 0 Å². The van der Waals surface area contributed by atoms with E-state index >= 15 is 0 Å². The van der Waals surface area contributed by atoms with Gasteiger partial charge in [-0.1, -0.05) is 19.3 Å². The molecule has 20 nitrogen and oxygen atoms in total. The van der Waals surface area contributed by atoms with Gasteiger partial charge in [0.15, 0.2) is 6.19 Å². The molecule has 384 valence electrons. The minimum absolute atomic E-state index is 0.264. The van der Waals surface area contributed by atoms with Gasteiger partial charge in [-0.15, -0.1) is 4.99 Å². The van der Waals surface area contributed by atoms with Gasteiger partial charge in [-0.25, -0.2) is 4.99 Å². The summed E-state index contributed by atoms with van der Waals surface area (Å²) in [4.78, 5) is 26.9. The van der Waals surface area contributed by atoms with Crippen LogP contribution in [0, 0.1) is 50.5 Å². The van der Waals surface area contributed by atoms with E-state index in [-0.39, 0.29) is 5.96 Å². The number of hydrogen-bond acceptors (Lipinski definition) is 10. The Kier molecular flexibility index (Phi) is 53.2. The van der Waals surface area contributed by atoms with Crippen molar-refractivity contribution >= 4 is 46.9 Å². The Morgan fingerprint density at radius 3 is 1.11 bits per heavy atom. The van der Waals surface area contributed by atoms with Crippen molar-refractivity contribution in [2.24, 2.45) is 43.1 Å². The van der Waals surface area contributed by atoms with E-state index in [0.717, 1.165) is 71.0 Å². The van der Waals surface area contributed by atoms with Crippen LogP contribution < -0.4 is 22.5 Å². The number of nitriles is 2. The zero-order valence-corrected chi connectivity index (χ0v) is 45.4. The van der Waals surface area contributed by atoms with Crippen molar-refractivity contribution < 1.29 is 0 Å². The summed E-state index contributed by atoms with van der Waals surface area (Å²) in [5.41, 5.74) is 15.6.